The van der Waals surface area contributed by atoms with Crippen LogP contribution in [-0.2, 0) is 10.0 Å². The maximum atomic E-state index is 13.0. The second-order valence-corrected chi connectivity index (χ2v) is 9.85. The minimum atomic E-state index is -3.61. The first-order valence-corrected chi connectivity index (χ1v) is 11.9. The van der Waals surface area contributed by atoms with Gasteiger partial charge in [-0.15, -0.1) is 0 Å². The number of aryl methyl sites for hydroxylation is 1. The molecular formula is C20H26ClN5O2S. The number of benzene rings is 1. The summed E-state index contributed by atoms with van der Waals surface area (Å²) >= 11 is 6.12. The lowest BCUT2D eigenvalue weighted by Gasteiger charge is -2.35. The van der Waals surface area contributed by atoms with Crippen LogP contribution in [0.3, 0.4) is 0 Å². The van der Waals surface area contributed by atoms with Gasteiger partial charge in [0.2, 0.25) is 16.0 Å². The van der Waals surface area contributed by atoms with E-state index in [-0.39, 0.29) is 9.92 Å². The van der Waals surface area contributed by atoms with Crippen molar-refractivity contribution in [2.75, 3.05) is 49.1 Å². The van der Waals surface area contributed by atoms with E-state index in [4.69, 9.17) is 16.6 Å². The maximum Gasteiger partial charge on any atom is 0.244 e. The van der Waals surface area contributed by atoms with Crippen LogP contribution in [0.5, 0.6) is 0 Å². The Morgan fingerprint density at radius 1 is 0.897 bits per heavy atom. The molecule has 29 heavy (non-hydrogen) atoms. The van der Waals surface area contributed by atoms with Crippen LogP contribution in [0.15, 0.2) is 35.2 Å². The fourth-order valence-electron chi connectivity index (χ4n) is 3.88. The van der Waals surface area contributed by atoms with Crippen molar-refractivity contribution >= 4 is 33.4 Å². The molecule has 0 unspecified atom stereocenters. The molecule has 156 valence electrons. The Morgan fingerprint density at radius 3 is 2.28 bits per heavy atom. The van der Waals surface area contributed by atoms with Crippen LogP contribution >= 0.6 is 11.6 Å². The summed E-state index contributed by atoms with van der Waals surface area (Å²) in [5.74, 6) is 1.65. The van der Waals surface area contributed by atoms with E-state index >= 15 is 0 Å². The SMILES string of the molecule is Cc1cc(N2CCCCC2)nc(N2CCN(S(=O)(=O)c3ccccc3Cl)CC2)n1. The molecule has 0 aliphatic carbocycles. The smallest absolute Gasteiger partial charge is 0.244 e. The largest absolute Gasteiger partial charge is 0.356 e. The van der Waals surface area contributed by atoms with Gasteiger partial charge in [0.05, 0.1) is 5.02 Å². The van der Waals surface area contributed by atoms with Crippen molar-refractivity contribution in [1.82, 2.24) is 14.3 Å². The standard InChI is InChI=1S/C20H26ClN5O2S/c1-16-15-19(24-9-5-2-6-10-24)23-20(22-16)25-11-13-26(14-12-25)29(27,28)18-8-4-3-7-17(18)21/h3-4,7-8,15H,2,5-6,9-14H2,1H3. The van der Waals surface area contributed by atoms with E-state index in [1.165, 1.54) is 23.6 Å². The van der Waals surface area contributed by atoms with Crippen LogP contribution in [-0.4, -0.2) is 62.0 Å². The molecule has 0 bridgehead atoms. The third-order valence-corrected chi connectivity index (χ3v) is 7.88. The quantitative estimate of drug-likeness (QED) is 0.735. The number of hydrogen-bond donors (Lipinski definition) is 0. The average molecular weight is 436 g/mol. The highest BCUT2D eigenvalue weighted by atomic mass is 35.5. The van der Waals surface area contributed by atoms with Crippen molar-refractivity contribution in [2.24, 2.45) is 0 Å². The summed E-state index contributed by atoms with van der Waals surface area (Å²) in [5, 5.41) is 0.253. The number of aromatic nitrogens is 2. The minimum absolute atomic E-state index is 0.161. The van der Waals surface area contributed by atoms with Gasteiger partial charge in [-0.2, -0.15) is 9.29 Å². The van der Waals surface area contributed by atoms with Gasteiger partial charge in [-0.25, -0.2) is 13.4 Å². The summed E-state index contributed by atoms with van der Waals surface area (Å²) in [6.45, 7) is 5.89. The number of anilines is 2. The topological polar surface area (TPSA) is 69.6 Å². The van der Waals surface area contributed by atoms with Gasteiger partial charge in [0, 0.05) is 51.0 Å². The van der Waals surface area contributed by atoms with Crippen molar-refractivity contribution in [2.45, 2.75) is 31.1 Å². The van der Waals surface area contributed by atoms with Crippen molar-refractivity contribution in [3.8, 4) is 0 Å². The highest BCUT2D eigenvalue weighted by Crippen LogP contribution is 2.26. The molecule has 0 radical (unpaired) electrons. The highest BCUT2D eigenvalue weighted by molar-refractivity contribution is 7.89. The molecule has 3 heterocycles. The molecule has 0 N–H and O–H groups in total. The molecule has 7 nitrogen and oxygen atoms in total. The van der Waals surface area contributed by atoms with E-state index in [0.717, 1.165) is 24.6 Å². The molecule has 0 atom stereocenters. The Labute approximate surface area is 177 Å². The van der Waals surface area contributed by atoms with Crippen LogP contribution < -0.4 is 9.80 Å². The van der Waals surface area contributed by atoms with Crippen LogP contribution in [0.4, 0.5) is 11.8 Å². The van der Waals surface area contributed by atoms with Gasteiger partial charge in [0.25, 0.3) is 0 Å². The Bertz CT molecular complexity index is 971. The van der Waals surface area contributed by atoms with Crippen molar-refractivity contribution in [1.29, 1.82) is 0 Å². The van der Waals surface area contributed by atoms with Gasteiger partial charge >= 0.3 is 0 Å². The van der Waals surface area contributed by atoms with Crippen molar-refractivity contribution in [3.63, 3.8) is 0 Å². The third-order valence-electron chi connectivity index (χ3n) is 5.48. The van der Waals surface area contributed by atoms with Crippen LogP contribution in [0, 0.1) is 6.92 Å². The molecule has 9 heteroatoms. The first-order valence-electron chi connectivity index (χ1n) is 10.1. The van der Waals surface area contributed by atoms with E-state index < -0.39 is 10.0 Å². The molecule has 0 saturated carbocycles. The number of piperazine rings is 1. The monoisotopic (exact) mass is 435 g/mol. The zero-order valence-corrected chi connectivity index (χ0v) is 18.2. The van der Waals surface area contributed by atoms with E-state index in [2.05, 4.69) is 14.8 Å². The van der Waals surface area contributed by atoms with Crippen LogP contribution in [0.25, 0.3) is 0 Å². The molecule has 2 aliphatic rings. The fourth-order valence-corrected chi connectivity index (χ4v) is 5.80. The zero-order valence-electron chi connectivity index (χ0n) is 16.6. The number of sulfonamides is 1. The lowest BCUT2D eigenvalue weighted by molar-refractivity contribution is 0.382. The number of nitrogens with zero attached hydrogens (tertiary/aromatic N) is 5. The summed E-state index contributed by atoms with van der Waals surface area (Å²) in [6.07, 6.45) is 3.66. The molecular weight excluding hydrogens is 410 g/mol. The van der Waals surface area contributed by atoms with Gasteiger partial charge in [0.1, 0.15) is 10.7 Å². The first-order chi connectivity index (χ1) is 13.9. The van der Waals surface area contributed by atoms with Crippen molar-refractivity contribution < 1.29 is 8.42 Å². The number of rotatable bonds is 4. The Balaban J connectivity index is 1.48. The van der Waals surface area contributed by atoms with Gasteiger partial charge in [-0.05, 0) is 38.3 Å². The summed E-state index contributed by atoms with van der Waals surface area (Å²) in [4.78, 5) is 14.0. The Kier molecular flexibility index (Phi) is 5.94. The molecule has 0 spiro atoms. The van der Waals surface area contributed by atoms with Crippen molar-refractivity contribution in [3.05, 3.63) is 41.0 Å². The van der Waals surface area contributed by atoms with E-state index in [0.29, 0.717) is 32.1 Å². The molecule has 2 aromatic rings. The van der Waals surface area contributed by atoms with E-state index in [1.54, 1.807) is 24.3 Å². The summed E-state index contributed by atoms with van der Waals surface area (Å²) in [6, 6.07) is 8.62. The predicted molar refractivity (Wildman–Crippen MR) is 115 cm³/mol. The molecule has 1 aromatic carbocycles. The molecule has 4 rings (SSSR count). The van der Waals surface area contributed by atoms with E-state index in [1.807, 2.05) is 13.0 Å². The Morgan fingerprint density at radius 2 is 1.59 bits per heavy atom. The minimum Gasteiger partial charge on any atom is -0.356 e. The third kappa shape index (κ3) is 4.34. The van der Waals surface area contributed by atoms with Gasteiger partial charge < -0.3 is 9.80 Å². The van der Waals surface area contributed by atoms with E-state index in [9.17, 15) is 8.42 Å². The summed E-state index contributed by atoms with van der Waals surface area (Å²) in [7, 11) is -3.61. The second kappa shape index (κ2) is 8.45. The number of hydrogen-bond acceptors (Lipinski definition) is 6. The van der Waals surface area contributed by atoms with Gasteiger partial charge in [0.15, 0.2) is 0 Å². The molecule has 0 amide bonds. The normalized spacial score (nSPS) is 18.8. The predicted octanol–water partition coefficient (Wildman–Crippen LogP) is 2.94. The lowest BCUT2D eigenvalue weighted by atomic mass is 10.1. The fraction of sp³-hybridized carbons (Fsp3) is 0.500. The molecule has 2 saturated heterocycles. The zero-order chi connectivity index (χ0) is 20.4. The molecule has 2 fully saturated rings. The van der Waals surface area contributed by atoms with Gasteiger partial charge in [-0.1, -0.05) is 23.7 Å². The average Bonchev–Trinajstić information content (AvgIpc) is 2.74. The highest BCUT2D eigenvalue weighted by Gasteiger charge is 2.31. The van der Waals surface area contributed by atoms with Crippen LogP contribution in [0.2, 0.25) is 5.02 Å². The second-order valence-electron chi connectivity index (χ2n) is 7.54. The van der Waals surface area contributed by atoms with Crippen LogP contribution in [0.1, 0.15) is 25.0 Å². The molecule has 2 aliphatic heterocycles. The Hall–Kier alpha value is -1.90. The number of piperidine rings is 1. The summed E-state index contributed by atoms with van der Waals surface area (Å²) < 4.78 is 27.4. The van der Waals surface area contributed by atoms with Gasteiger partial charge in [-0.3, -0.25) is 0 Å². The maximum absolute atomic E-state index is 13.0. The first kappa shape index (κ1) is 20.4. The molecule has 1 aromatic heterocycles. The number of halogens is 1. The summed E-state index contributed by atoms with van der Waals surface area (Å²) in [5.41, 5.74) is 0.932. The lowest BCUT2D eigenvalue weighted by Crippen LogP contribution is -2.49.